The zero-order chi connectivity index (χ0) is 16.5. The summed E-state index contributed by atoms with van der Waals surface area (Å²) >= 11 is 1.86. The monoisotopic (exact) mass is 320 g/mol. The molecule has 21 heavy (non-hydrogen) atoms. The smallest absolute Gasteiger partial charge is 0.337 e. The molecule has 0 N–H and O–H groups in total. The van der Waals surface area contributed by atoms with Crippen molar-refractivity contribution in [2.75, 3.05) is 25.6 Å². The molecule has 126 valence electrons. The Morgan fingerprint density at radius 2 is 1.76 bits per heavy atom. The highest BCUT2D eigenvalue weighted by molar-refractivity contribution is 8.00. The van der Waals surface area contributed by atoms with Crippen molar-refractivity contribution in [2.45, 2.75) is 71.3 Å². The summed E-state index contributed by atoms with van der Waals surface area (Å²) in [5.41, 5.74) is -0.929. The molecule has 0 aromatic rings. The molecule has 0 atom stereocenters. The highest BCUT2D eigenvalue weighted by atomic mass is 32.2. The lowest BCUT2D eigenvalue weighted by atomic mass is 10.1. The first-order valence-electron chi connectivity index (χ1n) is 7.67. The zero-order valence-electron chi connectivity index (χ0n) is 14.7. The first-order chi connectivity index (χ1) is 9.60. The molecular formula is C16H32O4S. The summed E-state index contributed by atoms with van der Waals surface area (Å²) in [6.07, 6.45) is 1.28. The quantitative estimate of drug-likeness (QED) is 0.429. The van der Waals surface area contributed by atoms with E-state index in [4.69, 9.17) is 14.2 Å². The second-order valence-corrected chi connectivity index (χ2v) is 8.26. The molecule has 0 rings (SSSR count). The lowest BCUT2D eigenvalue weighted by Gasteiger charge is -2.30. The minimum Gasteiger partial charge on any atom is -0.461 e. The average molecular weight is 320 g/mol. The number of carbonyl (C=O) groups excluding carboxylic acids is 1. The fourth-order valence-electron chi connectivity index (χ4n) is 1.43. The molecule has 4 nitrogen and oxygen atoms in total. The van der Waals surface area contributed by atoms with Crippen molar-refractivity contribution >= 4 is 17.7 Å². The van der Waals surface area contributed by atoms with Crippen LogP contribution in [0.15, 0.2) is 0 Å². The molecule has 0 saturated carbocycles. The van der Waals surface area contributed by atoms with Gasteiger partial charge >= 0.3 is 5.97 Å². The van der Waals surface area contributed by atoms with E-state index in [-0.39, 0.29) is 23.4 Å². The molecule has 0 spiro atoms. The molecular weight excluding hydrogens is 288 g/mol. The summed E-state index contributed by atoms with van der Waals surface area (Å²) in [7, 11) is 0. The Morgan fingerprint density at radius 1 is 1.14 bits per heavy atom. The minimum atomic E-state index is -0.929. The van der Waals surface area contributed by atoms with Gasteiger partial charge in [0.25, 0.3) is 0 Å². The van der Waals surface area contributed by atoms with Crippen LogP contribution < -0.4 is 0 Å². The van der Waals surface area contributed by atoms with Crippen molar-refractivity contribution in [2.24, 2.45) is 0 Å². The average Bonchev–Trinajstić information content (AvgIpc) is 2.39. The van der Waals surface area contributed by atoms with Crippen molar-refractivity contribution in [3.63, 3.8) is 0 Å². The highest BCUT2D eigenvalue weighted by Crippen LogP contribution is 2.27. The summed E-state index contributed by atoms with van der Waals surface area (Å²) in [4.78, 5) is 12.0. The molecule has 0 aromatic heterocycles. The van der Waals surface area contributed by atoms with E-state index in [2.05, 4.69) is 20.8 Å². The van der Waals surface area contributed by atoms with Gasteiger partial charge in [-0.25, -0.2) is 4.79 Å². The standard InChI is InChI=1S/C16H32O4S/c1-8-11-21-15(4,5)12-20-16(6,7)14(17)19-10-9-18-13(2)3/h13H,8-12H2,1-7H3. The third-order valence-electron chi connectivity index (χ3n) is 2.74. The van der Waals surface area contributed by atoms with Gasteiger partial charge in [-0.15, -0.1) is 0 Å². The maximum absolute atomic E-state index is 12.0. The largest absolute Gasteiger partial charge is 0.461 e. The summed E-state index contributed by atoms with van der Waals surface area (Å²) in [5.74, 6) is 0.750. The minimum absolute atomic E-state index is 0.00564. The van der Waals surface area contributed by atoms with Gasteiger partial charge in [0.2, 0.25) is 0 Å². The van der Waals surface area contributed by atoms with Crippen LogP contribution in [0.4, 0.5) is 0 Å². The van der Waals surface area contributed by atoms with E-state index in [9.17, 15) is 4.79 Å². The first-order valence-corrected chi connectivity index (χ1v) is 8.66. The molecule has 5 heteroatoms. The molecule has 0 bridgehead atoms. The third-order valence-corrected chi connectivity index (χ3v) is 4.25. The molecule has 0 amide bonds. The van der Waals surface area contributed by atoms with E-state index >= 15 is 0 Å². The third kappa shape index (κ3) is 10.1. The highest BCUT2D eigenvalue weighted by Gasteiger charge is 2.33. The molecule has 0 heterocycles. The number of rotatable bonds is 11. The topological polar surface area (TPSA) is 44.8 Å². The maximum Gasteiger partial charge on any atom is 0.337 e. The van der Waals surface area contributed by atoms with Gasteiger partial charge < -0.3 is 14.2 Å². The molecule has 0 aromatic carbocycles. The van der Waals surface area contributed by atoms with Crippen LogP contribution in [0.5, 0.6) is 0 Å². The number of thioether (sulfide) groups is 1. The van der Waals surface area contributed by atoms with Gasteiger partial charge in [-0.3, -0.25) is 0 Å². The Kier molecular flexibility index (Phi) is 9.58. The number of hydrogen-bond donors (Lipinski definition) is 0. The van der Waals surface area contributed by atoms with E-state index in [1.165, 1.54) is 0 Å². The predicted octanol–water partition coefficient (Wildman–Crippen LogP) is 3.67. The van der Waals surface area contributed by atoms with Crippen molar-refractivity contribution in [1.29, 1.82) is 0 Å². The molecule has 0 aliphatic carbocycles. The van der Waals surface area contributed by atoms with Crippen molar-refractivity contribution in [3.8, 4) is 0 Å². The Labute approximate surface area is 134 Å². The van der Waals surface area contributed by atoms with Crippen LogP contribution >= 0.6 is 11.8 Å². The van der Waals surface area contributed by atoms with E-state index < -0.39 is 5.60 Å². The fourth-order valence-corrected chi connectivity index (χ4v) is 2.32. The molecule has 0 unspecified atom stereocenters. The van der Waals surface area contributed by atoms with Crippen LogP contribution in [0.3, 0.4) is 0 Å². The van der Waals surface area contributed by atoms with Crippen LogP contribution in [0.2, 0.25) is 0 Å². The lowest BCUT2D eigenvalue weighted by molar-refractivity contribution is -0.170. The van der Waals surface area contributed by atoms with Crippen LogP contribution in [-0.2, 0) is 19.0 Å². The lowest BCUT2D eigenvalue weighted by Crippen LogP contribution is -2.41. The van der Waals surface area contributed by atoms with Crippen LogP contribution in [0.1, 0.15) is 54.9 Å². The van der Waals surface area contributed by atoms with E-state index in [1.54, 1.807) is 13.8 Å². The first kappa shape index (κ1) is 20.7. The normalized spacial score (nSPS) is 12.8. The number of hydrogen-bond acceptors (Lipinski definition) is 5. The van der Waals surface area contributed by atoms with Crippen molar-refractivity contribution in [1.82, 2.24) is 0 Å². The molecule has 0 aliphatic heterocycles. The van der Waals surface area contributed by atoms with E-state index in [0.717, 1.165) is 12.2 Å². The Bertz CT molecular complexity index is 301. The summed E-state index contributed by atoms with van der Waals surface area (Å²) in [5, 5.41) is 0. The number of ether oxygens (including phenoxy) is 3. The molecule has 0 saturated heterocycles. The maximum atomic E-state index is 12.0. The fraction of sp³-hybridized carbons (Fsp3) is 0.938. The predicted molar refractivity (Wildman–Crippen MR) is 88.9 cm³/mol. The number of esters is 1. The van der Waals surface area contributed by atoms with Gasteiger partial charge in [0.05, 0.1) is 19.3 Å². The van der Waals surface area contributed by atoms with Gasteiger partial charge in [0.1, 0.15) is 6.61 Å². The molecule has 0 radical (unpaired) electrons. The molecule has 0 aliphatic rings. The van der Waals surface area contributed by atoms with Crippen LogP contribution in [0.25, 0.3) is 0 Å². The van der Waals surface area contributed by atoms with Gasteiger partial charge in [0.15, 0.2) is 5.60 Å². The van der Waals surface area contributed by atoms with Gasteiger partial charge in [-0.2, -0.15) is 11.8 Å². The Balaban J connectivity index is 4.12. The van der Waals surface area contributed by atoms with Crippen LogP contribution in [-0.4, -0.2) is 48.0 Å². The zero-order valence-corrected chi connectivity index (χ0v) is 15.5. The Morgan fingerprint density at radius 3 is 2.29 bits per heavy atom. The summed E-state index contributed by atoms with van der Waals surface area (Å²) in [6.45, 7) is 15.0. The van der Waals surface area contributed by atoms with Gasteiger partial charge in [-0.1, -0.05) is 6.92 Å². The molecule has 0 fully saturated rings. The Hall–Kier alpha value is -0.260. The summed E-state index contributed by atoms with van der Waals surface area (Å²) in [6, 6.07) is 0. The van der Waals surface area contributed by atoms with Crippen molar-refractivity contribution in [3.05, 3.63) is 0 Å². The van der Waals surface area contributed by atoms with Crippen molar-refractivity contribution < 1.29 is 19.0 Å². The number of carbonyl (C=O) groups is 1. The van der Waals surface area contributed by atoms with Gasteiger partial charge in [0, 0.05) is 4.75 Å². The van der Waals surface area contributed by atoms with E-state index in [0.29, 0.717) is 13.2 Å². The summed E-state index contributed by atoms with van der Waals surface area (Å²) < 4.78 is 16.3. The SMILES string of the molecule is CCCSC(C)(C)COC(C)(C)C(=O)OCCOC(C)C. The van der Waals surface area contributed by atoms with Gasteiger partial charge in [-0.05, 0) is 53.7 Å². The second kappa shape index (κ2) is 9.70. The second-order valence-electron chi connectivity index (χ2n) is 6.46. The van der Waals surface area contributed by atoms with Crippen LogP contribution in [0, 0.1) is 0 Å². The van der Waals surface area contributed by atoms with E-state index in [1.807, 2.05) is 25.6 Å².